The summed E-state index contributed by atoms with van der Waals surface area (Å²) in [5, 5.41) is 4.58. The molecular weight excluding hydrogens is 268 g/mol. The summed E-state index contributed by atoms with van der Waals surface area (Å²) in [6, 6.07) is 9.30. The van der Waals surface area contributed by atoms with Crippen molar-refractivity contribution in [1.29, 1.82) is 0 Å². The fraction of sp³-hybridized carbons (Fsp3) is 0.647. The van der Waals surface area contributed by atoms with Crippen LogP contribution in [0.4, 0.5) is 0 Å². The van der Waals surface area contributed by atoms with Crippen molar-refractivity contribution in [3.63, 3.8) is 0 Å². The minimum absolute atomic E-state index is 0.201. The smallest absolute Gasteiger partial charge is 0.0408 e. The van der Waals surface area contributed by atoms with E-state index in [0.29, 0.717) is 18.0 Å². The number of rotatable bonds is 2. The lowest BCUT2D eigenvalue weighted by Gasteiger charge is -2.31. The molecule has 0 radical (unpaired) electrons. The van der Waals surface area contributed by atoms with Gasteiger partial charge in [0.15, 0.2) is 0 Å². The summed E-state index contributed by atoms with van der Waals surface area (Å²) >= 11 is 6.14. The molecule has 20 heavy (non-hydrogen) atoms. The predicted octanol–water partition coefficient (Wildman–Crippen LogP) is 3.69. The van der Waals surface area contributed by atoms with Crippen molar-refractivity contribution in [2.24, 2.45) is 11.7 Å². The van der Waals surface area contributed by atoms with Crippen molar-refractivity contribution in [2.75, 3.05) is 0 Å². The summed E-state index contributed by atoms with van der Waals surface area (Å²) in [6.07, 6.45) is 6.80. The fourth-order valence-electron chi connectivity index (χ4n) is 4.24. The Bertz CT molecular complexity index is 456. The molecule has 110 valence electrons. The monoisotopic (exact) mass is 292 g/mol. The first kappa shape index (κ1) is 14.4. The molecule has 0 amide bonds. The van der Waals surface area contributed by atoms with Crippen LogP contribution >= 0.6 is 11.6 Å². The Morgan fingerprint density at radius 3 is 2.65 bits per heavy atom. The van der Waals surface area contributed by atoms with Crippen molar-refractivity contribution in [3.05, 3.63) is 34.9 Å². The van der Waals surface area contributed by atoms with Gasteiger partial charge in [-0.05, 0) is 43.4 Å². The normalized spacial score (nSPS) is 35.4. The van der Waals surface area contributed by atoms with Crippen LogP contribution in [0.5, 0.6) is 0 Å². The lowest BCUT2D eigenvalue weighted by Crippen LogP contribution is -2.44. The summed E-state index contributed by atoms with van der Waals surface area (Å²) in [5.41, 5.74) is 7.90. The Morgan fingerprint density at radius 1 is 1.20 bits per heavy atom. The van der Waals surface area contributed by atoms with Gasteiger partial charge in [0.2, 0.25) is 0 Å². The average molecular weight is 293 g/mol. The molecule has 1 aliphatic carbocycles. The van der Waals surface area contributed by atoms with Crippen LogP contribution in [0.25, 0.3) is 0 Å². The highest BCUT2D eigenvalue weighted by Gasteiger charge is 2.42. The molecule has 3 heteroatoms. The van der Waals surface area contributed by atoms with Crippen LogP contribution in [0.2, 0.25) is 5.02 Å². The molecule has 0 bridgehead atoms. The van der Waals surface area contributed by atoms with E-state index in [4.69, 9.17) is 17.3 Å². The van der Waals surface area contributed by atoms with E-state index in [1.165, 1.54) is 37.7 Å². The average Bonchev–Trinajstić information content (AvgIpc) is 2.75. The largest absolute Gasteiger partial charge is 0.326 e. The quantitative estimate of drug-likeness (QED) is 0.872. The van der Waals surface area contributed by atoms with Crippen molar-refractivity contribution >= 4 is 11.6 Å². The minimum atomic E-state index is 0.201. The highest BCUT2D eigenvalue weighted by molar-refractivity contribution is 6.30. The van der Waals surface area contributed by atoms with Gasteiger partial charge in [0.25, 0.3) is 0 Å². The third-order valence-corrected chi connectivity index (χ3v) is 5.45. The van der Waals surface area contributed by atoms with Crippen LogP contribution < -0.4 is 11.1 Å². The highest BCUT2D eigenvalue weighted by atomic mass is 35.5. The maximum atomic E-state index is 6.62. The lowest BCUT2D eigenvalue weighted by molar-refractivity contribution is 0.268. The number of nitrogens with two attached hydrogens (primary N) is 1. The van der Waals surface area contributed by atoms with E-state index in [1.54, 1.807) is 0 Å². The molecular formula is C17H25ClN2. The first-order valence-corrected chi connectivity index (χ1v) is 8.31. The summed E-state index contributed by atoms with van der Waals surface area (Å²) < 4.78 is 0. The topological polar surface area (TPSA) is 38.0 Å². The van der Waals surface area contributed by atoms with Crippen LogP contribution in [-0.4, -0.2) is 18.1 Å². The van der Waals surface area contributed by atoms with E-state index >= 15 is 0 Å². The molecule has 4 atom stereocenters. The van der Waals surface area contributed by atoms with E-state index in [9.17, 15) is 0 Å². The van der Waals surface area contributed by atoms with Gasteiger partial charge in [-0.1, -0.05) is 43.0 Å². The molecule has 2 fully saturated rings. The van der Waals surface area contributed by atoms with Crippen LogP contribution in [-0.2, 0) is 0 Å². The summed E-state index contributed by atoms with van der Waals surface area (Å²) in [4.78, 5) is 0. The summed E-state index contributed by atoms with van der Waals surface area (Å²) in [5.74, 6) is 1.13. The van der Waals surface area contributed by atoms with Crippen LogP contribution in [0, 0.1) is 5.92 Å². The Morgan fingerprint density at radius 2 is 1.95 bits per heavy atom. The summed E-state index contributed by atoms with van der Waals surface area (Å²) in [6.45, 7) is 2.26. The standard InChI is InChI=1S/C17H25ClN2/c1-11-15(13-8-5-9-14(18)10-13)16(19)17(20-11)12-6-3-2-4-7-12/h5,8-12,15-17,20H,2-4,6-7,19H2,1H3. The maximum absolute atomic E-state index is 6.62. The van der Waals surface area contributed by atoms with Crippen molar-refractivity contribution in [2.45, 2.75) is 63.1 Å². The molecule has 1 saturated carbocycles. The van der Waals surface area contributed by atoms with Crippen LogP contribution in [0.1, 0.15) is 50.5 Å². The lowest BCUT2D eigenvalue weighted by atomic mass is 9.79. The van der Waals surface area contributed by atoms with Gasteiger partial charge in [-0.2, -0.15) is 0 Å². The zero-order chi connectivity index (χ0) is 14.1. The van der Waals surface area contributed by atoms with E-state index in [1.807, 2.05) is 12.1 Å². The third kappa shape index (κ3) is 2.74. The van der Waals surface area contributed by atoms with Gasteiger partial charge >= 0.3 is 0 Å². The molecule has 0 spiro atoms. The Hall–Kier alpha value is -0.570. The van der Waals surface area contributed by atoms with Gasteiger partial charge in [0.1, 0.15) is 0 Å². The highest BCUT2D eigenvalue weighted by Crippen LogP contribution is 2.37. The number of benzene rings is 1. The number of nitrogens with one attached hydrogen (secondary N) is 1. The Labute approximate surface area is 127 Å². The van der Waals surface area contributed by atoms with Gasteiger partial charge in [-0.15, -0.1) is 0 Å². The zero-order valence-electron chi connectivity index (χ0n) is 12.2. The molecule has 2 aliphatic rings. The molecule has 0 aromatic heterocycles. The van der Waals surface area contributed by atoms with E-state index < -0.39 is 0 Å². The van der Waals surface area contributed by atoms with Gasteiger partial charge in [0, 0.05) is 29.1 Å². The second-order valence-corrected chi connectivity index (χ2v) is 6.97. The fourth-order valence-corrected chi connectivity index (χ4v) is 4.44. The maximum Gasteiger partial charge on any atom is 0.0408 e. The van der Waals surface area contributed by atoms with Crippen molar-refractivity contribution in [1.82, 2.24) is 5.32 Å². The van der Waals surface area contributed by atoms with E-state index in [-0.39, 0.29) is 6.04 Å². The van der Waals surface area contributed by atoms with Crippen molar-refractivity contribution < 1.29 is 0 Å². The second kappa shape index (κ2) is 6.05. The van der Waals surface area contributed by atoms with Crippen LogP contribution in [0.15, 0.2) is 24.3 Å². The Balaban J connectivity index is 1.79. The first-order valence-electron chi connectivity index (χ1n) is 7.94. The molecule has 1 heterocycles. The molecule has 3 rings (SSSR count). The second-order valence-electron chi connectivity index (χ2n) is 6.54. The number of hydrogen-bond donors (Lipinski definition) is 2. The molecule has 4 unspecified atom stereocenters. The van der Waals surface area contributed by atoms with Gasteiger partial charge in [-0.3, -0.25) is 0 Å². The predicted molar refractivity (Wildman–Crippen MR) is 85.1 cm³/mol. The van der Waals surface area contributed by atoms with E-state index in [0.717, 1.165) is 10.9 Å². The minimum Gasteiger partial charge on any atom is -0.326 e. The SMILES string of the molecule is CC1NC(C2CCCCC2)C(N)C1c1cccc(Cl)c1. The van der Waals surface area contributed by atoms with Gasteiger partial charge in [0.05, 0.1) is 0 Å². The number of hydrogen-bond acceptors (Lipinski definition) is 2. The van der Waals surface area contributed by atoms with Gasteiger partial charge < -0.3 is 11.1 Å². The molecule has 1 aromatic carbocycles. The third-order valence-electron chi connectivity index (χ3n) is 5.21. The van der Waals surface area contributed by atoms with Crippen LogP contribution in [0.3, 0.4) is 0 Å². The van der Waals surface area contributed by atoms with E-state index in [2.05, 4.69) is 24.4 Å². The number of halogens is 1. The molecule has 1 aliphatic heterocycles. The molecule has 1 aromatic rings. The van der Waals surface area contributed by atoms with Crippen molar-refractivity contribution in [3.8, 4) is 0 Å². The zero-order valence-corrected chi connectivity index (χ0v) is 12.9. The van der Waals surface area contributed by atoms with Gasteiger partial charge in [-0.25, -0.2) is 0 Å². The Kier molecular flexibility index (Phi) is 4.34. The summed E-state index contributed by atoms with van der Waals surface area (Å²) in [7, 11) is 0. The first-order chi connectivity index (χ1) is 9.66. The molecule has 1 saturated heterocycles. The molecule has 2 nitrogen and oxygen atoms in total. The molecule has 3 N–H and O–H groups in total.